The van der Waals surface area contributed by atoms with Crippen molar-refractivity contribution in [1.82, 2.24) is 14.4 Å². The molecular formula is C20H11N3OS. The second-order valence-corrected chi connectivity index (χ2v) is 7.20. The van der Waals surface area contributed by atoms with Crippen LogP contribution in [-0.2, 0) is 0 Å². The number of H-pyrrole nitrogens is 1. The summed E-state index contributed by atoms with van der Waals surface area (Å²) < 4.78 is 3.22. The molecule has 0 amide bonds. The smallest absolute Gasteiger partial charge is 0.281 e. The molecule has 3 heterocycles. The molecule has 1 N–H and O–H groups in total. The molecule has 0 aliphatic rings. The van der Waals surface area contributed by atoms with E-state index in [-0.39, 0.29) is 5.56 Å². The summed E-state index contributed by atoms with van der Waals surface area (Å²) in [6.45, 7) is 0. The molecule has 0 saturated heterocycles. The maximum Gasteiger partial charge on any atom is 0.281 e. The molecule has 0 radical (unpaired) electrons. The van der Waals surface area contributed by atoms with Crippen LogP contribution in [0.2, 0.25) is 0 Å². The van der Waals surface area contributed by atoms with Crippen LogP contribution in [0.1, 0.15) is 0 Å². The standard InChI is InChI=1S/C20H11N3OS/c24-19-13-9-15-12(11-5-1-2-6-14(11)21-15)10-17(13)23-16-7-3-4-8-18(16)25-20(23)22-19/h1-10,21H. The Kier molecular flexibility index (Phi) is 2.35. The highest BCUT2D eigenvalue weighted by atomic mass is 32.1. The van der Waals surface area contributed by atoms with Gasteiger partial charge in [0.15, 0.2) is 4.96 Å². The Bertz CT molecular complexity index is 1520. The fourth-order valence-corrected chi connectivity index (χ4v) is 4.69. The number of nitrogens with zero attached hydrogens (tertiary/aromatic N) is 2. The number of thiazole rings is 1. The third-order valence-electron chi connectivity index (χ3n) is 4.79. The Morgan fingerprint density at radius 3 is 2.64 bits per heavy atom. The van der Waals surface area contributed by atoms with Crippen LogP contribution >= 0.6 is 11.3 Å². The van der Waals surface area contributed by atoms with Gasteiger partial charge in [0.25, 0.3) is 5.56 Å². The normalized spacial score (nSPS) is 12.2. The van der Waals surface area contributed by atoms with Crippen molar-refractivity contribution >= 4 is 59.2 Å². The zero-order valence-electron chi connectivity index (χ0n) is 13.0. The van der Waals surface area contributed by atoms with Crippen LogP contribution < -0.4 is 5.56 Å². The predicted octanol–water partition coefficient (Wildman–Crippen LogP) is 4.70. The first-order valence-corrected chi connectivity index (χ1v) is 8.86. The molecule has 0 fully saturated rings. The fourth-order valence-electron chi connectivity index (χ4n) is 3.67. The van der Waals surface area contributed by atoms with E-state index in [9.17, 15) is 4.79 Å². The lowest BCUT2D eigenvalue weighted by Gasteiger charge is -2.03. The van der Waals surface area contributed by atoms with E-state index in [0.29, 0.717) is 5.39 Å². The Hall–Kier alpha value is -3.18. The number of benzene rings is 3. The quantitative estimate of drug-likeness (QED) is 0.435. The van der Waals surface area contributed by atoms with Crippen LogP contribution in [0.15, 0.2) is 65.5 Å². The van der Waals surface area contributed by atoms with E-state index < -0.39 is 0 Å². The molecule has 0 aliphatic carbocycles. The van der Waals surface area contributed by atoms with Crippen LogP contribution in [0, 0.1) is 0 Å². The average Bonchev–Trinajstić information content (AvgIpc) is 3.18. The summed E-state index contributed by atoms with van der Waals surface area (Å²) in [4.78, 5) is 21.0. The zero-order chi connectivity index (χ0) is 16.5. The monoisotopic (exact) mass is 341 g/mol. The van der Waals surface area contributed by atoms with Gasteiger partial charge in [-0.15, -0.1) is 0 Å². The Balaban J connectivity index is 1.94. The van der Waals surface area contributed by atoms with Gasteiger partial charge in [0.1, 0.15) is 0 Å². The van der Waals surface area contributed by atoms with Gasteiger partial charge in [0.2, 0.25) is 0 Å². The molecule has 0 saturated carbocycles. The molecule has 0 aliphatic heterocycles. The van der Waals surface area contributed by atoms with Gasteiger partial charge in [-0.25, -0.2) is 0 Å². The van der Waals surface area contributed by atoms with Gasteiger partial charge >= 0.3 is 0 Å². The molecule has 118 valence electrons. The summed E-state index contributed by atoms with van der Waals surface area (Å²) in [5.74, 6) is 0. The molecule has 5 heteroatoms. The minimum absolute atomic E-state index is 0.179. The van der Waals surface area contributed by atoms with Gasteiger partial charge in [-0.1, -0.05) is 41.7 Å². The number of hydrogen-bond donors (Lipinski definition) is 1. The first kappa shape index (κ1) is 13.1. The van der Waals surface area contributed by atoms with E-state index in [1.807, 2.05) is 30.3 Å². The highest BCUT2D eigenvalue weighted by Gasteiger charge is 2.13. The molecule has 6 rings (SSSR count). The number of aromatic nitrogens is 3. The van der Waals surface area contributed by atoms with Gasteiger partial charge in [0, 0.05) is 21.8 Å². The van der Waals surface area contributed by atoms with Gasteiger partial charge in [-0.3, -0.25) is 9.20 Å². The van der Waals surface area contributed by atoms with Crippen molar-refractivity contribution in [3.63, 3.8) is 0 Å². The fraction of sp³-hybridized carbons (Fsp3) is 0. The summed E-state index contributed by atoms with van der Waals surface area (Å²) in [7, 11) is 0. The van der Waals surface area contributed by atoms with E-state index in [0.717, 1.165) is 42.5 Å². The van der Waals surface area contributed by atoms with Crippen molar-refractivity contribution in [2.75, 3.05) is 0 Å². The summed E-state index contributed by atoms with van der Waals surface area (Å²) in [6, 6.07) is 20.4. The molecular weight excluding hydrogens is 330 g/mol. The number of para-hydroxylation sites is 2. The van der Waals surface area contributed by atoms with Crippen LogP contribution in [0.3, 0.4) is 0 Å². The highest BCUT2D eigenvalue weighted by molar-refractivity contribution is 7.23. The van der Waals surface area contributed by atoms with Crippen LogP contribution in [0.4, 0.5) is 0 Å². The van der Waals surface area contributed by atoms with Crippen molar-refractivity contribution in [3.8, 4) is 0 Å². The average molecular weight is 341 g/mol. The number of rotatable bonds is 0. The summed E-state index contributed by atoms with van der Waals surface area (Å²) in [6.07, 6.45) is 0. The van der Waals surface area contributed by atoms with Gasteiger partial charge in [-0.05, 0) is 30.3 Å². The lowest BCUT2D eigenvalue weighted by molar-refractivity contribution is 1.21. The van der Waals surface area contributed by atoms with Crippen LogP contribution in [-0.4, -0.2) is 14.4 Å². The number of aromatic amines is 1. The maximum absolute atomic E-state index is 12.6. The van der Waals surface area contributed by atoms with Crippen molar-refractivity contribution in [3.05, 3.63) is 71.0 Å². The molecule has 3 aromatic heterocycles. The molecule has 0 bridgehead atoms. The van der Waals surface area contributed by atoms with Crippen molar-refractivity contribution in [2.45, 2.75) is 0 Å². The molecule has 3 aromatic carbocycles. The van der Waals surface area contributed by atoms with Crippen molar-refractivity contribution in [1.29, 1.82) is 0 Å². The third-order valence-corrected chi connectivity index (χ3v) is 5.81. The Morgan fingerprint density at radius 1 is 0.840 bits per heavy atom. The van der Waals surface area contributed by atoms with E-state index >= 15 is 0 Å². The first-order chi connectivity index (χ1) is 12.3. The first-order valence-electron chi connectivity index (χ1n) is 8.04. The highest BCUT2D eigenvalue weighted by Crippen LogP contribution is 2.32. The molecule has 4 nitrogen and oxygen atoms in total. The number of fused-ring (bicyclic) bond motifs is 8. The van der Waals surface area contributed by atoms with Gasteiger partial charge in [-0.2, -0.15) is 4.98 Å². The number of hydrogen-bond acceptors (Lipinski definition) is 3. The van der Waals surface area contributed by atoms with Crippen molar-refractivity contribution in [2.24, 2.45) is 0 Å². The topological polar surface area (TPSA) is 50.2 Å². The molecule has 0 atom stereocenters. The molecule has 0 spiro atoms. The third kappa shape index (κ3) is 1.65. The number of nitrogens with one attached hydrogen (secondary N) is 1. The summed E-state index contributed by atoms with van der Waals surface area (Å²) in [5, 5.41) is 2.93. The maximum atomic E-state index is 12.6. The second-order valence-electron chi connectivity index (χ2n) is 6.19. The van der Waals surface area contributed by atoms with Crippen molar-refractivity contribution < 1.29 is 0 Å². The van der Waals surface area contributed by atoms with E-state index in [1.54, 1.807) is 11.3 Å². The van der Waals surface area contributed by atoms with E-state index in [2.05, 4.69) is 44.7 Å². The van der Waals surface area contributed by atoms with Gasteiger partial charge in [0.05, 0.1) is 21.1 Å². The Labute approximate surface area is 145 Å². The second kappa shape index (κ2) is 4.46. The Morgan fingerprint density at radius 2 is 1.68 bits per heavy atom. The zero-order valence-corrected chi connectivity index (χ0v) is 13.8. The van der Waals surface area contributed by atoms with Gasteiger partial charge < -0.3 is 4.98 Å². The lowest BCUT2D eigenvalue weighted by atomic mass is 10.1. The summed E-state index contributed by atoms with van der Waals surface area (Å²) >= 11 is 1.55. The lowest BCUT2D eigenvalue weighted by Crippen LogP contribution is -2.08. The largest absolute Gasteiger partial charge is 0.354 e. The molecule has 0 unspecified atom stereocenters. The predicted molar refractivity (Wildman–Crippen MR) is 104 cm³/mol. The minimum atomic E-state index is -0.179. The summed E-state index contributed by atoms with van der Waals surface area (Å²) in [5.41, 5.74) is 3.85. The van der Waals surface area contributed by atoms with Crippen LogP contribution in [0.25, 0.3) is 47.9 Å². The molecule has 25 heavy (non-hydrogen) atoms. The van der Waals surface area contributed by atoms with E-state index in [1.165, 1.54) is 0 Å². The molecule has 6 aromatic rings. The van der Waals surface area contributed by atoms with Crippen LogP contribution in [0.5, 0.6) is 0 Å². The van der Waals surface area contributed by atoms with E-state index in [4.69, 9.17) is 0 Å². The minimum Gasteiger partial charge on any atom is -0.354 e. The SMILES string of the molecule is O=c1nc2sc3ccccc3n2c2cc3c(cc12)[nH]c1ccccc13.